The zero-order valence-electron chi connectivity index (χ0n) is 7.84. The van der Waals surface area contributed by atoms with Crippen LogP contribution in [-0.4, -0.2) is 17.9 Å². The maximum Gasteiger partial charge on any atom is 0.215 e. The first-order chi connectivity index (χ1) is 6.72. The first-order valence-corrected chi connectivity index (χ1v) is 4.87. The van der Waals surface area contributed by atoms with Gasteiger partial charge in [0.25, 0.3) is 0 Å². The third kappa shape index (κ3) is 1.48. The summed E-state index contributed by atoms with van der Waals surface area (Å²) in [6.07, 6.45) is 2.25. The van der Waals surface area contributed by atoms with Crippen LogP contribution in [0.15, 0.2) is 6.07 Å². The molecule has 0 aromatic carbocycles. The second-order valence-electron chi connectivity index (χ2n) is 3.25. The average molecular weight is 212 g/mol. The van der Waals surface area contributed by atoms with Crippen molar-refractivity contribution in [1.82, 2.24) is 4.98 Å². The lowest BCUT2D eigenvalue weighted by atomic mass is 9.95. The topological polar surface area (TPSA) is 39.2 Å². The lowest BCUT2D eigenvalue weighted by molar-refractivity contribution is 0.0966. The molecule has 0 bridgehead atoms. The van der Waals surface area contributed by atoms with Crippen molar-refractivity contribution in [3.8, 4) is 5.88 Å². The van der Waals surface area contributed by atoms with Crippen molar-refractivity contribution in [2.45, 2.75) is 19.3 Å². The van der Waals surface area contributed by atoms with Gasteiger partial charge in [0.1, 0.15) is 5.69 Å². The number of hydrogen-bond acceptors (Lipinski definition) is 3. The summed E-state index contributed by atoms with van der Waals surface area (Å²) < 4.78 is 4.96. The predicted octanol–water partition coefficient (Wildman–Crippen LogP) is 2.26. The molecule has 2 rings (SSSR count). The summed E-state index contributed by atoms with van der Waals surface area (Å²) in [7, 11) is 1.51. The van der Waals surface area contributed by atoms with Crippen LogP contribution in [0.2, 0.25) is 5.02 Å². The number of methoxy groups -OCH3 is 1. The first-order valence-electron chi connectivity index (χ1n) is 4.49. The highest BCUT2D eigenvalue weighted by atomic mass is 35.5. The standard InChI is InChI=1S/C10H10ClNO2/c1-14-9-5-7(11)6-3-2-4-8(13)10(6)12-9/h5H,2-4H2,1H3. The van der Waals surface area contributed by atoms with Crippen molar-refractivity contribution >= 4 is 17.4 Å². The molecule has 0 atom stereocenters. The van der Waals surface area contributed by atoms with E-state index in [1.165, 1.54) is 7.11 Å². The number of carbonyl (C=O) groups excluding carboxylic acids is 1. The van der Waals surface area contributed by atoms with E-state index in [-0.39, 0.29) is 5.78 Å². The molecule has 4 heteroatoms. The van der Waals surface area contributed by atoms with Crippen molar-refractivity contribution in [1.29, 1.82) is 0 Å². The SMILES string of the molecule is COc1cc(Cl)c2c(n1)C(=O)CCC2. The lowest BCUT2D eigenvalue weighted by Crippen LogP contribution is -2.14. The maximum atomic E-state index is 11.5. The number of carbonyl (C=O) groups is 1. The minimum Gasteiger partial charge on any atom is -0.481 e. The van der Waals surface area contributed by atoms with Crippen LogP contribution in [0.3, 0.4) is 0 Å². The molecule has 0 fully saturated rings. The van der Waals surface area contributed by atoms with E-state index in [0.717, 1.165) is 18.4 Å². The number of fused-ring (bicyclic) bond motifs is 1. The molecule has 1 aromatic heterocycles. The van der Waals surface area contributed by atoms with E-state index in [1.54, 1.807) is 6.07 Å². The van der Waals surface area contributed by atoms with Gasteiger partial charge >= 0.3 is 0 Å². The highest BCUT2D eigenvalue weighted by molar-refractivity contribution is 6.32. The normalized spacial score (nSPS) is 15.1. The Labute approximate surface area is 87.0 Å². The summed E-state index contributed by atoms with van der Waals surface area (Å²) in [6, 6.07) is 1.65. The number of ketones is 1. The van der Waals surface area contributed by atoms with Crippen LogP contribution < -0.4 is 4.74 Å². The Balaban J connectivity index is 2.57. The van der Waals surface area contributed by atoms with Crippen LogP contribution >= 0.6 is 11.6 Å². The highest BCUT2D eigenvalue weighted by Crippen LogP contribution is 2.29. The quantitative estimate of drug-likeness (QED) is 0.715. The predicted molar refractivity (Wildman–Crippen MR) is 53.1 cm³/mol. The van der Waals surface area contributed by atoms with Gasteiger partial charge in [-0.3, -0.25) is 4.79 Å². The molecule has 1 aromatic rings. The van der Waals surface area contributed by atoms with Crippen molar-refractivity contribution in [3.63, 3.8) is 0 Å². The number of ether oxygens (including phenoxy) is 1. The number of Topliss-reactive ketones (excluding diaryl/α,β-unsaturated/α-hetero) is 1. The van der Waals surface area contributed by atoms with Gasteiger partial charge < -0.3 is 4.74 Å². The molecule has 3 nitrogen and oxygen atoms in total. The van der Waals surface area contributed by atoms with Crippen molar-refractivity contribution < 1.29 is 9.53 Å². The van der Waals surface area contributed by atoms with Gasteiger partial charge in [-0.1, -0.05) is 11.6 Å². The van der Waals surface area contributed by atoms with Gasteiger partial charge in [0, 0.05) is 18.1 Å². The van der Waals surface area contributed by atoms with Gasteiger partial charge in [0.2, 0.25) is 5.88 Å². The molecule has 1 heterocycles. The molecule has 14 heavy (non-hydrogen) atoms. The van der Waals surface area contributed by atoms with Crippen LogP contribution in [0.5, 0.6) is 5.88 Å². The highest BCUT2D eigenvalue weighted by Gasteiger charge is 2.22. The molecule has 0 aliphatic heterocycles. The number of rotatable bonds is 1. The number of aromatic nitrogens is 1. The average Bonchev–Trinajstić information content (AvgIpc) is 2.19. The minimum absolute atomic E-state index is 0.0621. The zero-order valence-corrected chi connectivity index (χ0v) is 8.60. The largest absolute Gasteiger partial charge is 0.481 e. The van der Waals surface area contributed by atoms with Gasteiger partial charge in [0.05, 0.1) is 12.1 Å². The summed E-state index contributed by atoms with van der Waals surface area (Å²) in [5, 5.41) is 0.583. The molecule has 0 saturated carbocycles. The van der Waals surface area contributed by atoms with Gasteiger partial charge in [-0.15, -0.1) is 0 Å². The van der Waals surface area contributed by atoms with E-state index in [2.05, 4.69) is 4.98 Å². The van der Waals surface area contributed by atoms with E-state index in [0.29, 0.717) is 23.0 Å². The fourth-order valence-corrected chi connectivity index (χ4v) is 1.91. The van der Waals surface area contributed by atoms with Crippen LogP contribution in [0.1, 0.15) is 28.9 Å². The minimum atomic E-state index is 0.0621. The molecule has 0 spiro atoms. The fourth-order valence-electron chi connectivity index (χ4n) is 1.64. The van der Waals surface area contributed by atoms with Crippen LogP contribution in [-0.2, 0) is 6.42 Å². The molecule has 1 aliphatic rings. The molecular formula is C10H10ClNO2. The molecule has 74 valence electrons. The number of hydrogen-bond donors (Lipinski definition) is 0. The zero-order chi connectivity index (χ0) is 10.1. The van der Waals surface area contributed by atoms with Gasteiger partial charge in [0.15, 0.2) is 5.78 Å². The Hall–Kier alpha value is -1.09. The van der Waals surface area contributed by atoms with Gasteiger partial charge in [-0.05, 0) is 12.8 Å². The van der Waals surface area contributed by atoms with Crippen molar-refractivity contribution in [2.24, 2.45) is 0 Å². The van der Waals surface area contributed by atoms with E-state index < -0.39 is 0 Å². The summed E-state index contributed by atoms with van der Waals surface area (Å²) in [5.41, 5.74) is 1.35. The Morgan fingerprint density at radius 3 is 3.00 bits per heavy atom. The molecular weight excluding hydrogens is 202 g/mol. The van der Waals surface area contributed by atoms with Gasteiger partial charge in [-0.2, -0.15) is 0 Å². The Bertz CT molecular complexity index is 390. The number of halogens is 1. The van der Waals surface area contributed by atoms with Crippen LogP contribution in [0.4, 0.5) is 0 Å². The van der Waals surface area contributed by atoms with Crippen molar-refractivity contribution in [3.05, 3.63) is 22.3 Å². The van der Waals surface area contributed by atoms with E-state index in [9.17, 15) is 4.79 Å². The van der Waals surface area contributed by atoms with Crippen molar-refractivity contribution in [2.75, 3.05) is 7.11 Å². The third-order valence-electron chi connectivity index (χ3n) is 2.35. The number of pyridine rings is 1. The molecule has 0 N–H and O–H groups in total. The first kappa shape index (κ1) is 9.46. The molecule has 0 saturated heterocycles. The second kappa shape index (κ2) is 3.58. The van der Waals surface area contributed by atoms with Crippen LogP contribution in [0.25, 0.3) is 0 Å². The smallest absolute Gasteiger partial charge is 0.215 e. The third-order valence-corrected chi connectivity index (χ3v) is 2.69. The summed E-state index contributed by atoms with van der Waals surface area (Å²) in [6.45, 7) is 0. The van der Waals surface area contributed by atoms with Crippen LogP contribution in [0, 0.1) is 0 Å². The summed E-state index contributed by atoms with van der Waals surface area (Å²) >= 11 is 6.02. The number of nitrogens with zero attached hydrogens (tertiary/aromatic N) is 1. The molecule has 0 amide bonds. The summed E-state index contributed by atoms with van der Waals surface area (Å²) in [4.78, 5) is 15.6. The monoisotopic (exact) mass is 211 g/mol. The Kier molecular flexibility index (Phi) is 2.42. The molecule has 0 unspecified atom stereocenters. The van der Waals surface area contributed by atoms with Gasteiger partial charge in [-0.25, -0.2) is 4.98 Å². The Morgan fingerprint density at radius 1 is 1.50 bits per heavy atom. The summed E-state index contributed by atoms with van der Waals surface area (Å²) in [5.74, 6) is 0.469. The Morgan fingerprint density at radius 2 is 2.29 bits per heavy atom. The van der Waals surface area contributed by atoms with E-state index in [4.69, 9.17) is 16.3 Å². The van der Waals surface area contributed by atoms with E-state index in [1.807, 2.05) is 0 Å². The molecule has 1 aliphatic carbocycles. The maximum absolute atomic E-state index is 11.5. The molecule has 0 radical (unpaired) electrons. The fraction of sp³-hybridized carbons (Fsp3) is 0.400. The second-order valence-corrected chi connectivity index (χ2v) is 3.66. The lowest BCUT2D eigenvalue weighted by Gasteiger charge is -2.15. The van der Waals surface area contributed by atoms with E-state index >= 15 is 0 Å².